The van der Waals surface area contributed by atoms with E-state index in [4.69, 9.17) is 9.47 Å². The van der Waals surface area contributed by atoms with Crippen LogP contribution in [0.4, 0.5) is 13.2 Å². The SMILES string of the molecule is CC1=C(c2cccc(C(F)(F)F)c2)C(c2ccc(OC[C@H](C)N3CC[C@@H](C)C3)cc2)Oc2ccc(O)cc21. The predicted molar refractivity (Wildman–Crippen MR) is 142 cm³/mol. The van der Waals surface area contributed by atoms with E-state index in [0.29, 0.717) is 41.0 Å². The van der Waals surface area contributed by atoms with Crippen LogP contribution in [-0.2, 0) is 6.18 Å². The van der Waals surface area contributed by atoms with Crippen molar-refractivity contribution < 1.29 is 27.8 Å². The molecular formula is C31H32F3NO3. The lowest BCUT2D eigenvalue weighted by atomic mass is 9.85. The second-order valence-electron chi connectivity index (χ2n) is 10.4. The minimum absolute atomic E-state index is 0.0626. The third kappa shape index (κ3) is 5.39. The van der Waals surface area contributed by atoms with Crippen molar-refractivity contribution in [3.63, 3.8) is 0 Å². The molecule has 3 aromatic rings. The van der Waals surface area contributed by atoms with Crippen molar-refractivity contribution in [2.75, 3.05) is 19.7 Å². The van der Waals surface area contributed by atoms with Gasteiger partial charge >= 0.3 is 6.18 Å². The van der Waals surface area contributed by atoms with E-state index < -0.39 is 17.8 Å². The number of allylic oxidation sites excluding steroid dienone is 1. The van der Waals surface area contributed by atoms with Crippen molar-refractivity contribution in [1.82, 2.24) is 4.90 Å². The van der Waals surface area contributed by atoms with Gasteiger partial charge in [-0.25, -0.2) is 0 Å². The number of likely N-dealkylation sites (tertiary alicyclic amines) is 1. The van der Waals surface area contributed by atoms with Gasteiger partial charge in [0.2, 0.25) is 0 Å². The van der Waals surface area contributed by atoms with Gasteiger partial charge in [0.15, 0.2) is 0 Å². The van der Waals surface area contributed by atoms with Gasteiger partial charge in [-0.1, -0.05) is 31.2 Å². The van der Waals surface area contributed by atoms with Crippen LogP contribution in [-0.4, -0.2) is 35.7 Å². The molecule has 0 spiro atoms. The second-order valence-corrected chi connectivity index (χ2v) is 10.4. The van der Waals surface area contributed by atoms with E-state index in [1.165, 1.54) is 18.6 Å². The summed E-state index contributed by atoms with van der Waals surface area (Å²) in [5.74, 6) is 2.07. The summed E-state index contributed by atoms with van der Waals surface area (Å²) in [4.78, 5) is 2.44. The van der Waals surface area contributed by atoms with Crippen molar-refractivity contribution in [2.45, 2.75) is 45.5 Å². The fourth-order valence-corrected chi connectivity index (χ4v) is 5.34. The zero-order valence-corrected chi connectivity index (χ0v) is 21.8. The number of rotatable bonds is 6. The van der Waals surface area contributed by atoms with Crippen LogP contribution >= 0.6 is 0 Å². The largest absolute Gasteiger partial charge is 0.508 e. The first-order chi connectivity index (χ1) is 18.1. The smallest absolute Gasteiger partial charge is 0.416 e. The van der Waals surface area contributed by atoms with Crippen molar-refractivity contribution >= 4 is 11.1 Å². The highest BCUT2D eigenvalue weighted by Crippen LogP contribution is 2.48. The lowest BCUT2D eigenvalue weighted by Crippen LogP contribution is -2.35. The van der Waals surface area contributed by atoms with E-state index in [1.54, 1.807) is 18.2 Å². The third-order valence-corrected chi connectivity index (χ3v) is 7.53. The molecule has 7 heteroatoms. The van der Waals surface area contributed by atoms with E-state index >= 15 is 0 Å². The number of nitrogens with zero attached hydrogens (tertiary/aromatic N) is 1. The van der Waals surface area contributed by atoms with Crippen molar-refractivity contribution in [3.8, 4) is 17.2 Å². The maximum absolute atomic E-state index is 13.5. The van der Waals surface area contributed by atoms with E-state index in [1.807, 2.05) is 31.2 Å². The summed E-state index contributed by atoms with van der Waals surface area (Å²) in [6, 6.07) is 18.0. The standard InChI is InChI=1S/C31H32F3NO3/c1-19-13-14-35(17-19)20(2)18-37-26-10-7-22(8-11-26)30-29(23-5-4-6-24(15-23)31(32,33)34)21(3)27-16-25(36)9-12-28(27)38-30/h4-12,15-16,19-20,30,36H,13-14,17-18H2,1-3H3/t19-,20+,30?/m1/s1. The summed E-state index contributed by atoms with van der Waals surface area (Å²) in [6.45, 7) is 9.05. The Morgan fingerprint density at radius 2 is 1.84 bits per heavy atom. The number of hydrogen-bond acceptors (Lipinski definition) is 4. The highest BCUT2D eigenvalue weighted by Gasteiger charge is 2.34. The Hall–Kier alpha value is -3.45. The van der Waals surface area contributed by atoms with Crippen LogP contribution in [0.15, 0.2) is 66.7 Å². The molecule has 0 aromatic heterocycles. The van der Waals surface area contributed by atoms with Crippen LogP contribution in [0, 0.1) is 5.92 Å². The number of halogens is 3. The third-order valence-electron chi connectivity index (χ3n) is 7.53. The molecule has 2 heterocycles. The number of aromatic hydroxyl groups is 1. The summed E-state index contributed by atoms with van der Waals surface area (Å²) in [6.07, 6.45) is -3.88. The number of hydrogen-bond donors (Lipinski definition) is 1. The molecule has 1 N–H and O–H groups in total. The van der Waals surface area contributed by atoms with Gasteiger partial charge in [-0.05, 0) is 91.9 Å². The van der Waals surface area contributed by atoms with Gasteiger partial charge in [0.05, 0.1) is 5.56 Å². The molecule has 1 saturated heterocycles. The van der Waals surface area contributed by atoms with Gasteiger partial charge in [0, 0.05) is 23.7 Å². The zero-order valence-electron chi connectivity index (χ0n) is 21.8. The molecule has 1 fully saturated rings. The van der Waals surface area contributed by atoms with E-state index in [-0.39, 0.29) is 5.75 Å². The first kappa shape index (κ1) is 26.2. The Morgan fingerprint density at radius 3 is 2.53 bits per heavy atom. The molecule has 2 aliphatic heterocycles. The molecule has 1 unspecified atom stereocenters. The normalized spacial score (nSPS) is 20.7. The topological polar surface area (TPSA) is 41.9 Å². The van der Waals surface area contributed by atoms with E-state index in [2.05, 4.69) is 18.7 Å². The van der Waals surface area contributed by atoms with Crippen LogP contribution in [0.2, 0.25) is 0 Å². The first-order valence-corrected chi connectivity index (χ1v) is 13.0. The van der Waals surface area contributed by atoms with Crippen LogP contribution in [0.5, 0.6) is 17.2 Å². The average molecular weight is 524 g/mol. The molecule has 0 saturated carbocycles. The quantitative estimate of drug-likeness (QED) is 0.362. The summed E-state index contributed by atoms with van der Waals surface area (Å²) in [7, 11) is 0. The molecule has 4 nitrogen and oxygen atoms in total. The average Bonchev–Trinajstić information content (AvgIpc) is 3.34. The van der Waals surface area contributed by atoms with Crippen LogP contribution in [0.25, 0.3) is 11.1 Å². The van der Waals surface area contributed by atoms with Gasteiger partial charge in [-0.2, -0.15) is 13.2 Å². The van der Waals surface area contributed by atoms with Gasteiger partial charge < -0.3 is 14.6 Å². The zero-order chi connectivity index (χ0) is 27.0. The molecule has 0 radical (unpaired) electrons. The highest BCUT2D eigenvalue weighted by molar-refractivity contribution is 5.95. The van der Waals surface area contributed by atoms with Crippen LogP contribution in [0.1, 0.15) is 55.5 Å². The molecule has 3 aromatic carbocycles. The summed E-state index contributed by atoms with van der Waals surface area (Å²) < 4.78 is 53.0. The van der Waals surface area contributed by atoms with Crippen LogP contribution in [0.3, 0.4) is 0 Å². The number of benzene rings is 3. The highest BCUT2D eigenvalue weighted by atomic mass is 19.4. The van der Waals surface area contributed by atoms with Gasteiger partial charge in [0.1, 0.15) is 30.0 Å². The van der Waals surface area contributed by atoms with Crippen LogP contribution < -0.4 is 9.47 Å². The second kappa shape index (κ2) is 10.4. The summed E-state index contributed by atoms with van der Waals surface area (Å²) >= 11 is 0. The molecule has 0 amide bonds. The number of alkyl halides is 3. The Kier molecular flexibility index (Phi) is 7.14. The monoisotopic (exact) mass is 523 g/mol. The molecule has 200 valence electrons. The van der Waals surface area contributed by atoms with Crippen molar-refractivity contribution in [3.05, 3.63) is 89.0 Å². The lowest BCUT2D eigenvalue weighted by molar-refractivity contribution is -0.137. The summed E-state index contributed by atoms with van der Waals surface area (Å²) in [5, 5.41) is 10.1. The Labute approximate surface area is 221 Å². The van der Waals surface area contributed by atoms with E-state index in [0.717, 1.165) is 42.1 Å². The fraction of sp³-hybridized carbons (Fsp3) is 0.355. The maximum atomic E-state index is 13.5. The van der Waals surface area contributed by atoms with Gasteiger partial charge in [-0.15, -0.1) is 0 Å². The summed E-state index contributed by atoms with van der Waals surface area (Å²) in [5.41, 5.74) is 2.52. The molecule has 3 atom stereocenters. The Morgan fingerprint density at radius 1 is 1.08 bits per heavy atom. The first-order valence-electron chi connectivity index (χ1n) is 13.0. The van der Waals surface area contributed by atoms with Crippen molar-refractivity contribution in [2.24, 2.45) is 5.92 Å². The molecular weight excluding hydrogens is 491 g/mol. The Balaban J connectivity index is 1.44. The number of phenolic OH excluding ortho intramolecular Hbond substituents is 1. The van der Waals surface area contributed by atoms with Gasteiger partial charge in [0.25, 0.3) is 0 Å². The predicted octanol–water partition coefficient (Wildman–Crippen LogP) is 7.58. The molecule has 5 rings (SSSR count). The van der Waals surface area contributed by atoms with E-state index in [9.17, 15) is 18.3 Å². The Bertz CT molecular complexity index is 1330. The maximum Gasteiger partial charge on any atom is 0.416 e. The fourth-order valence-electron chi connectivity index (χ4n) is 5.34. The molecule has 0 aliphatic carbocycles. The number of ether oxygens (including phenoxy) is 2. The number of phenols is 1. The molecule has 2 aliphatic rings. The van der Waals surface area contributed by atoms with Gasteiger partial charge in [-0.3, -0.25) is 4.90 Å². The molecule has 38 heavy (non-hydrogen) atoms. The molecule has 0 bridgehead atoms. The lowest BCUT2D eigenvalue weighted by Gasteiger charge is -2.31. The number of fused-ring (bicyclic) bond motifs is 1. The minimum atomic E-state index is -4.46. The minimum Gasteiger partial charge on any atom is -0.508 e. The van der Waals surface area contributed by atoms with Crippen molar-refractivity contribution in [1.29, 1.82) is 0 Å².